The van der Waals surface area contributed by atoms with Gasteiger partial charge in [-0.25, -0.2) is 0 Å². The average molecular weight is 99.2 g/mol. The lowest BCUT2D eigenvalue weighted by molar-refractivity contribution is 0.145. The van der Waals surface area contributed by atoms with E-state index in [0.29, 0.717) is 0 Å². The zero-order valence-corrected chi connectivity index (χ0v) is 4.90. The van der Waals surface area contributed by atoms with Crippen molar-refractivity contribution in [3.8, 4) is 0 Å². The third-order valence-corrected chi connectivity index (χ3v) is 0.896. The molecule has 41 valence electrons. The molecule has 0 aliphatic heterocycles. The minimum Gasteiger partial charge on any atom is -0.362 e. The molecule has 0 spiro atoms. The molecule has 0 saturated heterocycles. The molecule has 0 heterocycles. The van der Waals surface area contributed by atoms with E-state index in [9.17, 15) is 0 Å². The van der Waals surface area contributed by atoms with Crippen LogP contribution in [0.4, 0.5) is 0 Å². The van der Waals surface area contributed by atoms with Gasteiger partial charge in [-0.2, -0.15) is 0 Å². The first-order valence-corrected chi connectivity index (χ1v) is 2.63. The summed E-state index contributed by atoms with van der Waals surface area (Å²) in [5.41, 5.74) is 0. The van der Waals surface area contributed by atoms with Crippen LogP contribution < -0.4 is 0 Å². The van der Waals surface area contributed by atoms with E-state index >= 15 is 0 Å². The van der Waals surface area contributed by atoms with Crippen molar-refractivity contribution in [2.24, 2.45) is 0 Å². The predicted octanol–water partition coefficient (Wildman–Crippen LogP) is 1.74. The van der Waals surface area contributed by atoms with E-state index < -0.39 is 0 Å². The van der Waals surface area contributed by atoms with Gasteiger partial charge in [0.1, 0.15) is 0 Å². The van der Waals surface area contributed by atoms with E-state index in [-0.39, 0.29) is 6.10 Å². The summed E-state index contributed by atoms with van der Waals surface area (Å²) >= 11 is 0. The second-order valence-electron chi connectivity index (χ2n) is 1.72. The molecular weight excluding hydrogens is 88.1 g/mol. The van der Waals surface area contributed by atoms with Crippen molar-refractivity contribution in [3.63, 3.8) is 0 Å². The molecule has 0 fully saturated rings. The number of hydrogen-bond acceptors (Lipinski definition) is 1. The van der Waals surface area contributed by atoms with Crippen LogP contribution in [0.1, 0.15) is 26.7 Å². The molecule has 0 aliphatic carbocycles. The fourth-order valence-corrected chi connectivity index (χ4v) is 0.465. The van der Waals surface area contributed by atoms with Crippen molar-refractivity contribution in [1.82, 2.24) is 0 Å². The molecule has 1 nitrogen and oxygen atoms in total. The first-order chi connectivity index (χ1) is 3.31. The van der Waals surface area contributed by atoms with Crippen molar-refractivity contribution in [2.45, 2.75) is 32.8 Å². The van der Waals surface area contributed by atoms with Gasteiger partial charge in [-0.3, -0.25) is 0 Å². The van der Waals surface area contributed by atoms with Crippen LogP contribution in [0.3, 0.4) is 0 Å². The van der Waals surface area contributed by atoms with Gasteiger partial charge >= 0.3 is 0 Å². The molecule has 1 unspecified atom stereocenters. The molecule has 0 saturated carbocycles. The maximum absolute atomic E-state index is 6.41. The van der Waals surface area contributed by atoms with E-state index in [1.165, 1.54) is 0 Å². The Morgan fingerprint density at radius 2 is 2.29 bits per heavy atom. The highest BCUT2D eigenvalue weighted by Crippen LogP contribution is 1.97. The van der Waals surface area contributed by atoms with Crippen LogP contribution in [-0.2, 0) is 4.74 Å². The van der Waals surface area contributed by atoms with E-state index in [1.54, 1.807) is 0 Å². The molecule has 0 N–H and O–H groups in total. The van der Waals surface area contributed by atoms with Gasteiger partial charge in [-0.15, -0.1) is 0 Å². The summed E-state index contributed by atoms with van der Waals surface area (Å²) in [6, 6.07) is 0. The largest absolute Gasteiger partial charge is 0.362 e. The van der Waals surface area contributed by atoms with Gasteiger partial charge in [0.05, 0.1) is 6.10 Å². The zero-order valence-electron chi connectivity index (χ0n) is 4.90. The van der Waals surface area contributed by atoms with Crippen LogP contribution >= 0.6 is 0 Å². The van der Waals surface area contributed by atoms with Gasteiger partial charge in [0, 0.05) is 0 Å². The smallest absolute Gasteiger partial charge is 0.173 e. The molecule has 1 atom stereocenters. The van der Waals surface area contributed by atoms with Crippen molar-refractivity contribution < 1.29 is 4.74 Å². The van der Waals surface area contributed by atoms with E-state index in [0.717, 1.165) is 12.8 Å². The van der Waals surface area contributed by atoms with E-state index in [4.69, 9.17) is 7.11 Å². The Labute approximate surface area is 45.7 Å². The van der Waals surface area contributed by atoms with Crippen LogP contribution in [0, 0.1) is 7.11 Å². The third kappa shape index (κ3) is 3.80. The summed E-state index contributed by atoms with van der Waals surface area (Å²) in [5.74, 6) is 0. The van der Waals surface area contributed by atoms with Crippen molar-refractivity contribution in [3.05, 3.63) is 7.11 Å². The maximum atomic E-state index is 6.41. The normalized spacial score (nSPS) is 14.1. The zero-order chi connectivity index (χ0) is 5.70. The molecule has 0 aliphatic rings. The molecule has 0 aromatic rings. The fraction of sp³-hybridized carbons (Fsp3) is 0.833. The van der Waals surface area contributed by atoms with Crippen LogP contribution in [0.5, 0.6) is 0 Å². The Kier molecular flexibility index (Phi) is 4.10. The first kappa shape index (κ1) is 6.96. The third-order valence-electron chi connectivity index (χ3n) is 0.896. The molecule has 0 rings (SSSR count). The molecule has 0 amide bonds. The monoisotopic (exact) mass is 99.1 g/mol. The maximum Gasteiger partial charge on any atom is 0.173 e. The molecule has 3 radical (unpaired) electrons. The van der Waals surface area contributed by atoms with Crippen LogP contribution in [0.25, 0.3) is 0 Å². The lowest BCUT2D eigenvalue weighted by Crippen LogP contribution is -2.00. The van der Waals surface area contributed by atoms with E-state index in [2.05, 4.69) is 11.7 Å². The number of ether oxygens (including phenoxy) is 1. The fourth-order valence-electron chi connectivity index (χ4n) is 0.465. The van der Waals surface area contributed by atoms with Gasteiger partial charge in [0.2, 0.25) is 0 Å². The molecule has 0 bridgehead atoms. The van der Waals surface area contributed by atoms with Gasteiger partial charge < -0.3 is 4.74 Å². The van der Waals surface area contributed by atoms with Crippen molar-refractivity contribution >= 4 is 0 Å². The highest BCUT2D eigenvalue weighted by atomic mass is 16.5. The standard InChI is InChI=1S/C6H11O/c1-4-5-6(2)7-3/h6H,4-5H2,1-2H3. The lowest BCUT2D eigenvalue weighted by atomic mass is 10.2. The molecule has 7 heavy (non-hydrogen) atoms. The quantitative estimate of drug-likeness (QED) is 0.523. The second-order valence-corrected chi connectivity index (χ2v) is 1.72. The highest BCUT2D eigenvalue weighted by molar-refractivity contribution is 4.45. The average Bonchev–Trinajstić information content (AvgIpc) is 1.68. The van der Waals surface area contributed by atoms with Gasteiger partial charge in [0.15, 0.2) is 7.11 Å². The Morgan fingerprint density at radius 3 is 2.43 bits per heavy atom. The lowest BCUT2D eigenvalue weighted by Gasteiger charge is -2.03. The SMILES string of the molecule is [C]OC(C)CCC. The molecular formula is C6H11O. The number of rotatable bonds is 3. The summed E-state index contributed by atoms with van der Waals surface area (Å²) in [5, 5.41) is 0. The Morgan fingerprint density at radius 1 is 1.71 bits per heavy atom. The van der Waals surface area contributed by atoms with Crippen molar-refractivity contribution in [2.75, 3.05) is 0 Å². The van der Waals surface area contributed by atoms with Gasteiger partial charge in [0.25, 0.3) is 0 Å². The second kappa shape index (κ2) is 4.13. The van der Waals surface area contributed by atoms with Crippen LogP contribution in [-0.4, -0.2) is 6.10 Å². The Hall–Kier alpha value is -0.0400. The first-order valence-electron chi connectivity index (χ1n) is 2.63. The predicted molar refractivity (Wildman–Crippen MR) is 28.7 cm³/mol. The summed E-state index contributed by atoms with van der Waals surface area (Å²) in [6.45, 7) is 3.98. The minimum absolute atomic E-state index is 0.116. The highest BCUT2D eigenvalue weighted by Gasteiger charge is 1.93. The Bertz CT molecular complexity index is 35.2. The van der Waals surface area contributed by atoms with Gasteiger partial charge in [-0.1, -0.05) is 13.3 Å². The molecule has 1 heteroatoms. The minimum atomic E-state index is 0.116. The van der Waals surface area contributed by atoms with Crippen LogP contribution in [0.2, 0.25) is 0 Å². The topological polar surface area (TPSA) is 9.23 Å². The van der Waals surface area contributed by atoms with E-state index in [1.807, 2.05) is 6.92 Å². The summed E-state index contributed by atoms with van der Waals surface area (Å²) < 4.78 is 4.24. The summed E-state index contributed by atoms with van der Waals surface area (Å²) in [6.07, 6.45) is 2.20. The molecule has 0 aromatic carbocycles. The summed E-state index contributed by atoms with van der Waals surface area (Å²) in [4.78, 5) is 0. The number of hydrogen-bond donors (Lipinski definition) is 0. The Balaban J connectivity index is 2.83. The molecule has 0 aromatic heterocycles. The van der Waals surface area contributed by atoms with Gasteiger partial charge in [-0.05, 0) is 13.3 Å². The van der Waals surface area contributed by atoms with Crippen molar-refractivity contribution in [1.29, 1.82) is 0 Å². The van der Waals surface area contributed by atoms with Crippen LogP contribution in [0.15, 0.2) is 0 Å². The summed E-state index contributed by atoms with van der Waals surface area (Å²) in [7, 11) is 6.41.